The van der Waals surface area contributed by atoms with E-state index in [1.807, 2.05) is 0 Å². The lowest BCUT2D eigenvalue weighted by atomic mass is 9.72. The fraction of sp³-hybridized carbons (Fsp3) is 0.938. The second-order valence-electron chi connectivity index (χ2n) is 6.54. The van der Waals surface area contributed by atoms with Crippen LogP contribution in [0.2, 0.25) is 0 Å². The van der Waals surface area contributed by atoms with Gasteiger partial charge in [-0.05, 0) is 39.8 Å². The van der Waals surface area contributed by atoms with Crippen LogP contribution in [0.25, 0.3) is 0 Å². The minimum absolute atomic E-state index is 0.118. The Bertz CT molecular complexity index is 271. The zero-order valence-corrected chi connectivity index (χ0v) is 12.2. The van der Waals surface area contributed by atoms with Crippen LogP contribution in [0.3, 0.4) is 0 Å². The minimum Gasteiger partial charge on any atom is -0.297 e. The van der Waals surface area contributed by atoms with Crippen LogP contribution in [0.5, 0.6) is 0 Å². The average molecular weight is 251 g/mol. The van der Waals surface area contributed by atoms with Gasteiger partial charge in [-0.15, -0.1) is 0 Å². The van der Waals surface area contributed by atoms with Crippen molar-refractivity contribution >= 4 is 5.78 Å². The predicted molar refractivity (Wildman–Crippen MR) is 75.7 cm³/mol. The predicted octanol–water partition coefficient (Wildman–Crippen LogP) is 3.79. The summed E-state index contributed by atoms with van der Waals surface area (Å²) in [6.07, 6.45) is 13.5. The number of carbonyl (C=O) groups is 1. The first-order chi connectivity index (χ1) is 8.67. The highest BCUT2D eigenvalue weighted by atomic mass is 16.1. The molecule has 2 fully saturated rings. The van der Waals surface area contributed by atoms with E-state index >= 15 is 0 Å². The maximum Gasteiger partial charge on any atom is 0.156 e. The summed E-state index contributed by atoms with van der Waals surface area (Å²) in [7, 11) is 4.22. The quantitative estimate of drug-likeness (QED) is 0.711. The van der Waals surface area contributed by atoms with Gasteiger partial charge in [-0.3, -0.25) is 9.69 Å². The third-order valence-corrected chi connectivity index (χ3v) is 5.22. The molecule has 2 nitrogen and oxygen atoms in total. The summed E-state index contributed by atoms with van der Waals surface area (Å²) in [5.74, 6) is 0.933. The third kappa shape index (κ3) is 2.79. The van der Waals surface area contributed by atoms with Crippen LogP contribution in [0.4, 0.5) is 0 Å². The van der Waals surface area contributed by atoms with Gasteiger partial charge in [0.2, 0.25) is 0 Å². The molecule has 104 valence electrons. The van der Waals surface area contributed by atoms with Crippen molar-refractivity contribution in [1.82, 2.24) is 4.90 Å². The molecule has 0 atom stereocenters. The Morgan fingerprint density at radius 2 is 1.39 bits per heavy atom. The van der Waals surface area contributed by atoms with Gasteiger partial charge in [-0.2, -0.15) is 0 Å². The number of likely N-dealkylation sites (N-methyl/N-ethyl adjacent to an activating group) is 1. The summed E-state index contributed by atoms with van der Waals surface area (Å²) in [6.45, 7) is 0. The first-order valence-electron chi connectivity index (χ1n) is 7.88. The van der Waals surface area contributed by atoms with Crippen molar-refractivity contribution in [3.05, 3.63) is 0 Å². The van der Waals surface area contributed by atoms with Crippen LogP contribution in [0.1, 0.15) is 70.6 Å². The van der Waals surface area contributed by atoms with Gasteiger partial charge in [0, 0.05) is 5.92 Å². The molecule has 0 bridgehead atoms. The molecule has 0 N–H and O–H groups in total. The van der Waals surface area contributed by atoms with Crippen molar-refractivity contribution in [2.24, 2.45) is 5.92 Å². The second-order valence-corrected chi connectivity index (χ2v) is 6.54. The van der Waals surface area contributed by atoms with Gasteiger partial charge in [0.25, 0.3) is 0 Å². The molecular weight excluding hydrogens is 222 g/mol. The number of carbonyl (C=O) groups excluding carboxylic acids is 1. The second kappa shape index (κ2) is 6.18. The van der Waals surface area contributed by atoms with Gasteiger partial charge >= 0.3 is 0 Å². The monoisotopic (exact) mass is 251 g/mol. The molecule has 2 saturated carbocycles. The Morgan fingerprint density at radius 1 is 0.889 bits per heavy atom. The first kappa shape index (κ1) is 14.0. The highest BCUT2D eigenvalue weighted by molar-refractivity contribution is 5.90. The molecule has 0 aromatic rings. The van der Waals surface area contributed by atoms with Crippen molar-refractivity contribution in [3.8, 4) is 0 Å². The molecule has 0 aromatic heterocycles. The molecule has 0 unspecified atom stereocenters. The Kier molecular flexibility index (Phi) is 4.83. The van der Waals surface area contributed by atoms with Crippen LogP contribution in [0.15, 0.2) is 0 Å². The first-order valence-corrected chi connectivity index (χ1v) is 7.88. The largest absolute Gasteiger partial charge is 0.297 e. The maximum absolute atomic E-state index is 13.0. The standard InChI is InChI=1S/C16H29NO/c1-17(2)16(12-8-5-9-13-16)15(18)14-10-6-3-4-7-11-14/h14H,3-13H2,1-2H3. The van der Waals surface area contributed by atoms with Gasteiger partial charge < -0.3 is 0 Å². The van der Waals surface area contributed by atoms with Gasteiger partial charge in [0.05, 0.1) is 5.54 Å². The van der Waals surface area contributed by atoms with E-state index in [9.17, 15) is 4.79 Å². The molecule has 2 rings (SSSR count). The molecule has 0 aromatic carbocycles. The van der Waals surface area contributed by atoms with Crippen LogP contribution in [0, 0.1) is 5.92 Å². The van der Waals surface area contributed by atoms with E-state index in [-0.39, 0.29) is 5.54 Å². The number of nitrogens with zero attached hydrogens (tertiary/aromatic N) is 1. The van der Waals surface area contributed by atoms with Crippen molar-refractivity contribution in [3.63, 3.8) is 0 Å². The highest BCUT2D eigenvalue weighted by Gasteiger charge is 2.43. The minimum atomic E-state index is -0.118. The fourth-order valence-electron chi connectivity index (χ4n) is 3.97. The molecule has 2 heteroatoms. The normalized spacial score (nSPS) is 25.9. The average Bonchev–Trinajstić information content (AvgIpc) is 2.67. The SMILES string of the molecule is CN(C)C1(C(=O)C2CCCCCC2)CCCCC1. The number of rotatable bonds is 3. The van der Waals surface area contributed by atoms with Gasteiger partial charge in [-0.1, -0.05) is 44.9 Å². The van der Waals surface area contributed by atoms with E-state index in [2.05, 4.69) is 19.0 Å². The molecule has 0 radical (unpaired) electrons. The number of hydrogen-bond acceptors (Lipinski definition) is 2. The Hall–Kier alpha value is -0.370. The summed E-state index contributed by atoms with van der Waals surface area (Å²) in [6, 6.07) is 0. The van der Waals surface area contributed by atoms with Crippen molar-refractivity contribution in [2.75, 3.05) is 14.1 Å². The highest BCUT2D eigenvalue weighted by Crippen LogP contribution is 2.38. The van der Waals surface area contributed by atoms with Crippen molar-refractivity contribution in [2.45, 2.75) is 76.2 Å². The summed E-state index contributed by atoms with van der Waals surface area (Å²) in [5.41, 5.74) is -0.118. The lowest BCUT2D eigenvalue weighted by molar-refractivity contribution is -0.136. The van der Waals surface area contributed by atoms with E-state index < -0.39 is 0 Å². The van der Waals surface area contributed by atoms with E-state index in [0.29, 0.717) is 11.7 Å². The summed E-state index contributed by atoms with van der Waals surface area (Å²) < 4.78 is 0. The number of ketones is 1. The molecule has 0 saturated heterocycles. The van der Waals surface area contributed by atoms with E-state index in [1.54, 1.807) is 0 Å². The van der Waals surface area contributed by atoms with Crippen LogP contribution in [-0.2, 0) is 4.79 Å². The summed E-state index contributed by atoms with van der Waals surface area (Å²) in [4.78, 5) is 15.3. The Balaban J connectivity index is 2.11. The zero-order chi connectivity index (χ0) is 13.0. The maximum atomic E-state index is 13.0. The van der Waals surface area contributed by atoms with Gasteiger partial charge in [-0.25, -0.2) is 0 Å². The number of Topliss-reactive ketones (excluding diaryl/α,β-unsaturated/α-hetero) is 1. The van der Waals surface area contributed by atoms with Crippen molar-refractivity contribution in [1.29, 1.82) is 0 Å². The van der Waals surface area contributed by atoms with E-state index in [4.69, 9.17) is 0 Å². The Morgan fingerprint density at radius 3 is 1.89 bits per heavy atom. The lowest BCUT2D eigenvalue weighted by Gasteiger charge is -2.43. The molecule has 2 aliphatic rings. The lowest BCUT2D eigenvalue weighted by Crippen LogP contribution is -2.54. The van der Waals surface area contributed by atoms with Crippen LogP contribution >= 0.6 is 0 Å². The molecule has 0 heterocycles. The van der Waals surface area contributed by atoms with Gasteiger partial charge in [0.15, 0.2) is 5.78 Å². The molecule has 0 aliphatic heterocycles. The fourth-order valence-corrected chi connectivity index (χ4v) is 3.97. The van der Waals surface area contributed by atoms with Gasteiger partial charge in [0.1, 0.15) is 0 Å². The molecule has 18 heavy (non-hydrogen) atoms. The zero-order valence-electron chi connectivity index (χ0n) is 12.2. The van der Waals surface area contributed by atoms with E-state index in [1.165, 1.54) is 44.9 Å². The molecule has 0 spiro atoms. The summed E-state index contributed by atoms with van der Waals surface area (Å²) >= 11 is 0. The number of hydrogen-bond donors (Lipinski definition) is 0. The smallest absolute Gasteiger partial charge is 0.156 e. The molecular formula is C16H29NO. The third-order valence-electron chi connectivity index (χ3n) is 5.22. The Labute approximate surface area is 112 Å². The van der Waals surface area contributed by atoms with E-state index in [0.717, 1.165) is 25.7 Å². The molecule has 0 amide bonds. The topological polar surface area (TPSA) is 20.3 Å². The summed E-state index contributed by atoms with van der Waals surface area (Å²) in [5, 5.41) is 0. The van der Waals surface area contributed by atoms with Crippen LogP contribution in [-0.4, -0.2) is 30.3 Å². The van der Waals surface area contributed by atoms with Crippen LogP contribution < -0.4 is 0 Å². The van der Waals surface area contributed by atoms with Crippen molar-refractivity contribution < 1.29 is 4.79 Å². The molecule has 2 aliphatic carbocycles.